The summed E-state index contributed by atoms with van der Waals surface area (Å²) in [5, 5.41) is 2.70. The minimum atomic E-state index is -0.878. The van der Waals surface area contributed by atoms with Crippen LogP contribution in [0.3, 0.4) is 0 Å². The van der Waals surface area contributed by atoms with E-state index in [0.29, 0.717) is 11.3 Å². The summed E-state index contributed by atoms with van der Waals surface area (Å²) in [4.78, 5) is 26.0. The van der Waals surface area contributed by atoms with Crippen LogP contribution < -0.4 is 10.2 Å². The minimum Gasteiger partial charge on any atom is -0.449 e. The van der Waals surface area contributed by atoms with Crippen molar-refractivity contribution in [2.45, 2.75) is 13.0 Å². The summed E-state index contributed by atoms with van der Waals surface area (Å²) in [6, 6.07) is 16.0. The third-order valence-corrected chi connectivity index (χ3v) is 3.31. The number of amides is 1. The molecule has 0 heterocycles. The predicted octanol–water partition coefficient (Wildman–Crippen LogP) is 2.94. The van der Waals surface area contributed by atoms with Crippen molar-refractivity contribution in [3.63, 3.8) is 0 Å². The first-order valence-corrected chi connectivity index (χ1v) is 7.31. The first-order chi connectivity index (χ1) is 11.0. The molecule has 1 N–H and O–H groups in total. The van der Waals surface area contributed by atoms with Crippen LogP contribution in [0, 0.1) is 0 Å². The topological polar surface area (TPSA) is 58.6 Å². The Bertz CT molecular complexity index is 666. The molecule has 0 spiro atoms. The van der Waals surface area contributed by atoms with E-state index in [1.54, 1.807) is 31.2 Å². The smallest absolute Gasteiger partial charge is 0.338 e. The van der Waals surface area contributed by atoms with Crippen molar-refractivity contribution in [2.75, 3.05) is 24.3 Å². The zero-order valence-corrected chi connectivity index (χ0v) is 13.4. The molecule has 0 bridgehead atoms. The van der Waals surface area contributed by atoms with Gasteiger partial charge in [-0.2, -0.15) is 0 Å². The summed E-state index contributed by atoms with van der Waals surface area (Å²) >= 11 is 0. The molecule has 0 unspecified atom stereocenters. The zero-order chi connectivity index (χ0) is 16.8. The number of rotatable bonds is 5. The molecule has 5 heteroatoms. The van der Waals surface area contributed by atoms with E-state index in [2.05, 4.69) is 5.32 Å². The lowest BCUT2D eigenvalue weighted by Crippen LogP contribution is -2.30. The Morgan fingerprint density at radius 1 is 1.00 bits per heavy atom. The largest absolute Gasteiger partial charge is 0.449 e. The lowest BCUT2D eigenvalue weighted by molar-refractivity contribution is -0.123. The summed E-state index contributed by atoms with van der Waals surface area (Å²) in [7, 11) is 3.84. The number of hydrogen-bond donors (Lipinski definition) is 1. The number of esters is 1. The summed E-state index contributed by atoms with van der Waals surface area (Å²) in [5.41, 5.74) is 2.06. The fraction of sp³-hybridized carbons (Fsp3) is 0.222. The van der Waals surface area contributed by atoms with Gasteiger partial charge >= 0.3 is 5.97 Å². The van der Waals surface area contributed by atoms with Gasteiger partial charge in [-0.15, -0.1) is 0 Å². The number of nitrogens with zero attached hydrogens (tertiary/aromatic N) is 1. The molecule has 0 aromatic heterocycles. The highest BCUT2D eigenvalue weighted by Crippen LogP contribution is 2.14. The van der Waals surface area contributed by atoms with Crippen LogP contribution >= 0.6 is 0 Å². The first-order valence-electron chi connectivity index (χ1n) is 7.31. The number of carbonyl (C=O) groups excluding carboxylic acids is 2. The van der Waals surface area contributed by atoms with Gasteiger partial charge in [0.25, 0.3) is 5.91 Å². The second-order valence-corrected chi connectivity index (χ2v) is 5.34. The van der Waals surface area contributed by atoms with Crippen LogP contribution in [0.15, 0.2) is 54.6 Å². The fourth-order valence-corrected chi connectivity index (χ4v) is 1.94. The van der Waals surface area contributed by atoms with E-state index < -0.39 is 12.1 Å². The van der Waals surface area contributed by atoms with Gasteiger partial charge in [0.15, 0.2) is 6.10 Å². The average Bonchev–Trinajstić information content (AvgIpc) is 2.55. The summed E-state index contributed by atoms with van der Waals surface area (Å²) in [5.74, 6) is -0.888. The second kappa shape index (κ2) is 7.45. The molecule has 0 radical (unpaired) electrons. The summed E-state index contributed by atoms with van der Waals surface area (Å²) in [6.45, 7) is 1.55. The third-order valence-electron chi connectivity index (χ3n) is 3.31. The molecule has 2 rings (SSSR count). The molecule has 0 aliphatic carbocycles. The zero-order valence-electron chi connectivity index (χ0n) is 13.4. The molecule has 0 saturated heterocycles. The molecule has 0 aliphatic heterocycles. The van der Waals surface area contributed by atoms with E-state index in [1.807, 2.05) is 49.3 Å². The van der Waals surface area contributed by atoms with Crippen LogP contribution in [-0.4, -0.2) is 32.1 Å². The van der Waals surface area contributed by atoms with Crippen LogP contribution in [0.1, 0.15) is 17.3 Å². The summed E-state index contributed by atoms with van der Waals surface area (Å²) in [6.07, 6.45) is -0.878. The van der Waals surface area contributed by atoms with E-state index in [0.717, 1.165) is 5.69 Å². The number of anilines is 2. The third kappa shape index (κ3) is 4.57. The second-order valence-electron chi connectivity index (χ2n) is 5.34. The van der Waals surface area contributed by atoms with Crippen molar-refractivity contribution in [3.05, 3.63) is 60.2 Å². The van der Waals surface area contributed by atoms with Crippen LogP contribution in [0.25, 0.3) is 0 Å². The minimum absolute atomic E-state index is 0.366. The molecule has 2 aromatic carbocycles. The Labute approximate surface area is 135 Å². The highest BCUT2D eigenvalue weighted by molar-refractivity contribution is 5.97. The lowest BCUT2D eigenvalue weighted by atomic mass is 10.2. The van der Waals surface area contributed by atoms with Crippen molar-refractivity contribution in [2.24, 2.45) is 0 Å². The normalized spacial score (nSPS) is 11.4. The molecule has 2 aromatic rings. The Balaban J connectivity index is 1.94. The van der Waals surface area contributed by atoms with Crippen LogP contribution in [0.4, 0.5) is 11.4 Å². The molecule has 5 nitrogen and oxygen atoms in total. The van der Waals surface area contributed by atoms with Gasteiger partial charge in [0, 0.05) is 25.5 Å². The van der Waals surface area contributed by atoms with Gasteiger partial charge in [0.05, 0.1) is 5.56 Å². The van der Waals surface area contributed by atoms with Gasteiger partial charge in [-0.05, 0) is 43.3 Å². The van der Waals surface area contributed by atoms with Crippen molar-refractivity contribution >= 4 is 23.3 Å². The molecule has 23 heavy (non-hydrogen) atoms. The van der Waals surface area contributed by atoms with Crippen LogP contribution in [-0.2, 0) is 9.53 Å². The Kier molecular flexibility index (Phi) is 5.36. The molecule has 120 valence electrons. The van der Waals surface area contributed by atoms with E-state index in [1.165, 1.54) is 0 Å². The Morgan fingerprint density at radius 2 is 1.61 bits per heavy atom. The van der Waals surface area contributed by atoms with Crippen molar-refractivity contribution in [3.8, 4) is 0 Å². The molecule has 0 aliphatic rings. The van der Waals surface area contributed by atoms with Crippen LogP contribution in [0.5, 0.6) is 0 Å². The number of hydrogen-bond acceptors (Lipinski definition) is 4. The molecule has 1 amide bonds. The fourth-order valence-electron chi connectivity index (χ4n) is 1.94. The standard InChI is InChI=1S/C18H20N2O3/c1-13(17(21)19-15-7-5-4-6-8-15)23-18(22)14-9-11-16(12-10-14)20(2)3/h4-13H,1-3H3,(H,19,21)/t13-/m1/s1. The van der Waals surface area contributed by atoms with E-state index in [4.69, 9.17) is 4.74 Å². The van der Waals surface area contributed by atoms with Crippen molar-refractivity contribution in [1.82, 2.24) is 0 Å². The molecular formula is C18H20N2O3. The monoisotopic (exact) mass is 312 g/mol. The van der Waals surface area contributed by atoms with E-state index >= 15 is 0 Å². The SMILES string of the molecule is C[C@@H](OC(=O)c1ccc(N(C)C)cc1)C(=O)Nc1ccccc1. The van der Waals surface area contributed by atoms with Crippen molar-refractivity contribution in [1.29, 1.82) is 0 Å². The number of benzene rings is 2. The first kappa shape index (κ1) is 16.5. The maximum absolute atomic E-state index is 12.1. The maximum Gasteiger partial charge on any atom is 0.338 e. The van der Waals surface area contributed by atoms with Gasteiger partial charge in [-0.3, -0.25) is 4.79 Å². The predicted molar refractivity (Wildman–Crippen MR) is 90.7 cm³/mol. The highest BCUT2D eigenvalue weighted by Gasteiger charge is 2.19. The number of ether oxygens (including phenoxy) is 1. The summed E-state index contributed by atoms with van der Waals surface area (Å²) < 4.78 is 5.21. The highest BCUT2D eigenvalue weighted by atomic mass is 16.5. The van der Waals surface area contributed by atoms with E-state index in [-0.39, 0.29) is 5.91 Å². The van der Waals surface area contributed by atoms with Crippen molar-refractivity contribution < 1.29 is 14.3 Å². The molecule has 1 atom stereocenters. The van der Waals surface area contributed by atoms with Gasteiger partial charge in [0.1, 0.15) is 0 Å². The van der Waals surface area contributed by atoms with Gasteiger partial charge < -0.3 is 15.0 Å². The Morgan fingerprint density at radius 3 is 2.17 bits per heavy atom. The van der Waals surface area contributed by atoms with Gasteiger partial charge in [-0.25, -0.2) is 4.79 Å². The van der Waals surface area contributed by atoms with Gasteiger partial charge in [-0.1, -0.05) is 18.2 Å². The average molecular weight is 312 g/mol. The molecule has 0 saturated carbocycles. The van der Waals surface area contributed by atoms with Gasteiger partial charge in [0.2, 0.25) is 0 Å². The quantitative estimate of drug-likeness (QED) is 0.862. The van der Waals surface area contributed by atoms with Crippen LogP contribution in [0.2, 0.25) is 0 Å². The molecule has 0 fully saturated rings. The number of para-hydroxylation sites is 1. The molecular weight excluding hydrogens is 292 g/mol. The Hall–Kier alpha value is -2.82. The van der Waals surface area contributed by atoms with E-state index in [9.17, 15) is 9.59 Å². The number of nitrogens with one attached hydrogen (secondary N) is 1. The maximum atomic E-state index is 12.1. The lowest BCUT2D eigenvalue weighted by Gasteiger charge is -2.15. The number of carbonyl (C=O) groups is 2.